The van der Waals surface area contributed by atoms with E-state index in [9.17, 15) is 9.90 Å². The van der Waals surface area contributed by atoms with Crippen molar-refractivity contribution in [1.29, 1.82) is 0 Å². The molecule has 0 amide bonds. The fraction of sp³-hybridized carbons (Fsp3) is 0.826. The summed E-state index contributed by atoms with van der Waals surface area (Å²) >= 11 is 0. The molecule has 1 aliphatic rings. The summed E-state index contributed by atoms with van der Waals surface area (Å²) in [6.07, 6.45) is 21.4. The molecule has 1 unspecified atom stereocenters. The SMILES string of the molecule is CCCCCCCC/C=C\CCCCCCCC(=O)C1=NC(C)(CO)CO1. The molecular formula is C23H41NO3. The molecule has 0 aliphatic carbocycles. The lowest BCUT2D eigenvalue weighted by Gasteiger charge is -2.12. The van der Waals surface area contributed by atoms with Crippen molar-refractivity contribution < 1.29 is 14.6 Å². The van der Waals surface area contributed by atoms with Gasteiger partial charge in [-0.25, -0.2) is 4.99 Å². The van der Waals surface area contributed by atoms with Crippen molar-refractivity contribution in [2.75, 3.05) is 13.2 Å². The molecule has 27 heavy (non-hydrogen) atoms. The molecule has 0 aromatic rings. The molecule has 0 spiro atoms. The number of ether oxygens (including phenoxy) is 1. The number of allylic oxidation sites excluding steroid dienone is 2. The van der Waals surface area contributed by atoms with E-state index < -0.39 is 5.54 Å². The maximum Gasteiger partial charge on any atom is 0.254 e. The van der Waals surface area contributed by atoms with Gasteiger partial charge in [0.25, 0.3) is 5.90 Å². The minimum absolute atomic E-state index is 0.0233. The zero-order chi connectivity index (χ0) is 19.8. The van der Waals surface area contributed by atoms with E-state index in [1.165, 1.54) is 70.6 Å². The molecular weight excluding hydrogens is 338 g/mol. The lowest BCUT2D eigenvalue weighted by molar-refractivity contribution is -0.114. The lowest BCUT2D eigenvalue weighted by atomic mass is 10.1. The van der Waals surface area contributed by atoms with Gasteiger partial charge < -0.3 is 9.84 Å². The Bertz CT molecular complexity index is 459. The van der Waals surface area contributed by atoms with Crippen LogP contribution in [0.25, 0.3) is 0 Å². The number of carbonyl (C=O) groups excluding carboxylic acids is 1. The summed E-state index contributed by atoms with van der Waals surface area (Å²) in [7, 11) is 0. The van der Waals surface area contributed by atoms with E-state index >= 15 is 0 Å². The Morgan fingerprint density at radius 3 is 2.11 bits per heavy atom. The highest BCUT2D eigenvalue weighted by Crippen LogP contribution is 2.19. The van der Waals surface area contributed by atoms with Gasteiger partial charge in [-0.3, -0.25) is 4.79 Å². The van der Waals surface area contributed by atoms with Crippen molar-refractivity contribution >= 4 is 11.7 Å². The number of carbonyl (C=O) groups is 1. The van der Waals surface area contributed by atoms with Crippen molar-refractivity contribution in [3.05, 3.63) is 12.2 Å². The van der Waals surface area contributed by atoms with Crippen molar-refractivity contribution in [2.24, 2.45) is 4.99 Å². The van der Waals surface area contributed by atoms with E-state index in [-0.39, 0.29) is 18.3 Å². The smallest absolute Gasteiger partial charge is 0.254 e. The molecule has 0 aromatic heterocycles. The van der Waals surface area contributed by atoms with Crippen molar-refractivity contribution in [2.45, 2.75) is 109 Å². The Balaban J connectivity index is 1.90. The van der Waals surface area contributed by atoms with E-state index in [1.54, 1.807) is 6.92 Å². The second kappa shape index (κ2) is 14.8. The molecule has 4 nitrogen and oxygen atoms in total. The predicted molar refractivity (Wildman–Crippen MR) is 113 cm³/mol. The quantitative estimate of drug-likeness (QED) is 0.258. The first-order chi connectivity index (χ1) is 13.1. The summed E-state index contributed by atoms with van der Waals surface area (Å²) in [6.45, 7) is 4.28. The molecule has 1 N–H and O–H groups in total. The van der Waals surface area contributed by atoms with Crippen molar-refractivity contribution in [1.82, 2.24) is 0 Å². The maximum absolute atomic E-state index is 12.0. The number of Topliss-reactive ketones (excluding diaryl/α,β-unsaturated/α-hetero) is 1. The van der Waals surface area contributed by atoms with Crippen LogP contribution in [0.4, 0.5) is 0 Å². The van der Waals surface area contributed by atoms with Gasteiger partial charge in [0.1, 0.15) is 12.1 Å². The van der Waals surface area contributed by atoms with Crippen LogP contribution in [0.2, 0.25) is 0 Å². The first-order valence-electron chi connectivity index (χ1n) is 11.1. The fourth-order valence-corrected chi connectivity index (χ4v) is 3.22. The molecule has 0 saturated heterocycles. The Morgan fingerprint density at radius 2 is 1.56 bits per heavy atom. The molecule has 1 aliphatic heterocycles. The fourth-order valence-electron chi connectivity index (χ4n) is 3.22. The van der Waals surface area contributed by atoms with Crippen LogP contribution >= 0.6 is 0 Å². The monoisotopic (exact) mass is 379 g/mol. The van der Waals surface area contributed by atoms with E-state index in [2.05, 4.69) is 24.1 Å². The number of hydrogen-bond acceptors (Lipinski definition) is 4. The number of hydrogen-bond donors (Lipinski definition) is 1. The number of aliphatic hydroxyl groups is 1. The van der Waals surface area contributed by atoms with Crippen LogP contribution in [-0.2, 0) is 9.53 Å². The minimum atomic E-state index is -0.631. The zero-order valence-electron chi connectivity index (χ0n) is 17.7. The minimum Gasteiger partial charge on any atom is -0.473 e. The third-order valence-electron chi connectivity index (χ3n) is 5.14. The highest BCUT2D eigenvalue weighted by atomic mass is 16.5. The number of rotatable bonds is 17. The summed E-state index contributed by atoms with van der Waals surface area (Å²) in [6, 6.07) is 0. The average molecular weight is 380 g/mol. The third kappa shape index (κ3) is 11.3. The molecule has 0 aromatic carbocycles. The lowest BCUT2D eigenvalue weighted by Crippen LogP contribution is -2.28. The molecule has 156 valence electrons. The van der Waals surface area contributed by atoms with E-state index in [4.69, 9.17) is 4.74 Å². The van der Waals surface area contributed by atoms with Gasteiger partial charge in [0.05, 0.1) is 6.61 Å². The Labute approximate surface area is 166 Å². The van der Waals surface area contributed by atoms with E-state index in [0.717, 1.165) is 12.8 Å². The second-order valence-corrected chi connectivity index (χ2v) is 8.12. The van der Waals surface area contributed by atoms with Crippen LogP contribution < -0.4 is 0 Å². The van der Waals surface area contributed by atoms with Gasteiger partial charge in [0, 0.05) is 6.42 Å². The van der Waals surface area contributed by atoms with Gasteiger partial charge in [0.15, 0.2) is 0 Å². The highest BCUT2D eigenvalue weighted by Gasteiger charge is 2.33. The van der Waals surface area contributed by atoms with Gasteiger partial charge in [-0.1, -0.05) is 70.4 Å². The first-order valence-corrected chi connectivity index (χ1v) is 11.1. The van der Waals surface area contributed by atoms with Gasteiger partial charge in [-0.05, 0) is 39.0 Å². The van der Waals surface area contributed by atoms with Crippen LogP contribution in [0.1, 0.15) is 104 Å². The molecule has 0 saturated carbocycles. The third-order valence-corrected chi connectivity index (χ3v) is 5.14. The Morgan fingerprint density at radius 1 is 1.00 bits per heavy atom. The molecule has 0 fully saturated rings. The highest BCUT2D eigenvalue weighted by molar-refractivity contribution is 6.36. The first kappa shape index (κ1) is 23.9. The van der Waals surface area contributed by atoms with Crippen LogP contribution in [-0.4, -0.2) is 35.5 Å². The summed E-state index contributed by atoms with van der Waals surface area (Å²) in [5.74, 6) is 0.187. The van der Waals surface area contributed by atoms with Crippen molar-refractivity contribution in [3.8, 4) is 0 Å². The topological polar surface area (TPSA) is 58.9 Å². The number of nitrogens with zero attached hydrogens (tertiary/aromatic N) is 1. The van der Waals surface area contributed by atoms with Crippen LogP contribution in [0.3, 0.4) is 0 Å². The summed E-state index contributed by atoms with van der Waals surface area (Å²) in [4.78, 5) is 16.3. The Hall–Kier alpha value is -1.16. The molecule has 0 radical (unpaired) electrons. The van der Waals surface area contributed by atoms with Gasteiger partial charge in [0.2, 0.25) is 5.78 Å². The second-order valence-electron chi connectivity index (χ2n) is 8.12. The zero-order valence-corrected chi connectivity index (χ0v) is 17.7. The van der Waals surface area contributed by atoms with Gasteiger partial charge >= 0.3 is 0 Å². The summed E-state index contributed by atoms with van der Waals surface area (Å²) in [5, 5.41) is 9.24. The molecule has 1 atom stereocenters. The summed E-state index contributed by atoms with van der Waals surface area (Å²) in [5.41, 5.74) is -0.631. The largest absolute Gasteiger partial charge is 0.473 e. The Kier molecular flexibility index (Phi) is 13.1. The molecule has 1 rings (SSSR count). The molecule has 1 heterocycles. The summed E-state index contributed by atoms with van der Waals surface area (Å²) < 4.78 is 5.33. The maximum atomic E-state index is 12.0. The van der Waals surface area contributed by atoms with Crippen LogP contribution in [0, 0.1) is 0 Å². The van der Waals surface area contributed by atoms with Gasteiger partial charge in [-0.2, -0.15) is 0 Å². The molecule has 4 heteroatoms. The standard InChI is InChI=1S/C23H41NO3/c1-3-4-5-6-7-8-9-10-11-12-13-14-15-16-17-18-21(26)22-24-23(2,19-25)20-27-22/h10-11,25H,3-9,12-20H2,1-2H3/b11-10-. The van der Waals surface area contributed by atoms with Gasteiger partial charge in [-0.15, -0.1) is 0 Å². The average Bonchev–Trinajstić information content (AvgIpc) is 3.08. The van der Waals surface area contributed by atoms with Crippen LogP contribution in [0.5, 0.6) is 0 Å². The number of unbranched alkanes of at least 4 members (excludes halogenated alkanes) is 11. The number of ketones is 1. The van der Waals surface area contributed by atoms with E-state index in [1.807, 2.05) is 0 Å². The number of aliphatic hydroxyl groups excluding tert-OH is 1. The van der Waals surface area contributed by atoms with Crippen molar-refractivity contribution in [3.63, 3.8) is 0 Å². The number of aliphatic imine (C=N–C) groups is 1. The normalized spacial score (nSPS) is 19.4. The van der Waals surface area contributed by atoms with Crippen LogP contribution in [0.15, 0.2) is 17.1 Å². The predicted octanol–water partition coefficient (Wildman–Crippen LogP) is 5.77. The van der Waals surface area contributed by atoms with E-state index in [0.29, 0.717) is 13.0 Å². The molecule has 0 bridgehead atoms.